The van der Waals surface area contributed by atoms with Gasteiger partial charge in [-0.15, -0.1) is 23.2 Å². The number of halogens is 2. The smallest absolute Gasteiger partial charge is 0.237 e. The summed E-state index contributed by atoms with van der Waals surface area (Å²) in [4.78, 5) is 28.2. The lowest BCUT2D eigenvalue weighted by Crippen LogP contribution is -2.44. The number of nitrogens with zero attached hydrogens (tertiary/aromatic N) is 2. The zero-order valence-corrected chi connectivity index (χ0v) is 21.6. The predicted octanol–water partition coefficient (Wildman–Crippen LogP) is 2.82. The molecule has 0 N–H and O–H groups in total. The summed E-state index contributed by atoms with van der Waals surface area (Å²) in [6.45, 7) is 3.61. The molecule has 2 unspecified atom stereocenters. The lowest BCUT2D eigenvalue weighted by atomic mass is 9.94. The molecule has 3 rings (SSSR count). The lowest BCUT2D eigenvalue weighted by Gasteiger charge is -2.34. The summed E-state index contributed by atoms with van der Waals surface area (Å²) >= 11 is 11.7. The second-order valence-electron chi connectivity index (χ2n) is 9.23. The maximum atomic E-state index is 12.4. The number of carbonyl (C=O) groups excluding carboxylic acids is 2. The number of carbonyl (C=O) groups is 2. The molecule has 1 heterocycles. The number of alkyl halides is 2. The van der Waals surface area contributed by atoms with E-state index in [0.29, 0.717) is 52.6 Å². The van der Waals surface area contributed by atoms with Crippen LogP contribution in [0.4, 0.5) is 0 Å². The molecule has 1 aliphatic heterocycles. The molecule has 2 aliphatic carbocycles. The minimum Gasteiger partial charge on any atom is -0.374 e. The van der Waals surface area contributed by atoms with Crippen LogP contribution < -0.4 is 0 Å². The van der Waals surface area contributed by atoms with Gasteiger partial charge in [-0.3, -0.25) is 9.59 Å². The Hall–Kier alpha value is -0.640. The van der Waals surface area contributed by atoms with E-state index >= 15 is 0 Å². The molecule has 34 heavy (non-hydrogen) atoms. The molecule has 0 aromatic carbocycles. The predicted molar refractivity (Wildman–Crippen MR) is 130 cm³/mol. The van der Waals surface area contributed by atoms with E-state index in [4.69, 9.17) is 42.1 Å². The molecule has 8 nitrogen and oxygen atoms in total. The molecule has 0 bridgehead atoms. The van der Waals surface area contributed by atoms with Crippen molar-refractivity contribution in [1.29, 1.82) is 0 Å². The molecule has 0 radical (unpaired) electrons. The Kier molecular flexibility index (Phi) is 12.7. The van der Waals surface area contributed by atoms with E-state index in [2.05, 4.69) is 0 Å². The van der Waals surface area contributed by atoms with E-state index in [-0.39, 0.29) is 48.0 Å². The highest BCUT2D eigenvalue weighted by atomic mass is 35.5. The number of rotatable bonds is 2. The van der Waals surface area contributed by atoms with Crippen LogP contribution in [0.15, 0.2) is 0 Å². The first kappa shape index (κ1) is 27.9. The summed E-state index contributed by atoms with van der Waals surface area (Å²) in [7, 11) is 0. The van der Waals surface area contributed by atoms with Crippen LogP contribution >= 0.6 is 23.2 Å². The van der Waals surface area contributed by atoms with E-state index in [0.717, 1.165) is 51.4 Å². The Morgan fingerprint density at radius 3 is 1.06 bits per heavy atom. The van der Waals surface area contributed by atoms with Crippen molar-refractivity contribution < 1.29 is 28.5 Å². The highest BCUT2D eigenvalue weighted by Gasteiger charge is 2.29. The Morgan fingerprint density at radius 1 is 0.559 bits per heavy atom. The zero-order chi connectivity index (χ0) is 24.2. The third-order valence-electron chi connectivity index (χ3n) is 6.99. The van der Waals surface area contributed by atoms with Crippen molar-refractivity contribution in [2.45, 2.75) is 75.8 Å². The Labute approximate surface area is 213 Å². The number of amides is 2. The van der Waals surface area contributed by atoms with E-state index in [1.165, 1.54) is 0 Å². The highest BCUT2D eigenvalue weighted by molar-refractivity contribution is 6.27. The van der Waals surface area contributed by atoms with E-state index in [1.807, 2.05) is 0 Å². The van der Waals surface area contributed by atoms with Gasteiger partial charge in [-0.05, 0) is 25.7 Å². The maximum Gasteiger partial charge on any atom is 0.237 e. The van der Waals surface area contributed by atoms with Crippen molar-refractivity contribution in [2.24, 2.45) is 0 Å². The monoisotopic (exact) mass is 522 g/mol. The Balaban J connectivity index is 1.66. The first-order chi connectivity index (χ1) is 16.6. The summed E-state index contributed by atoms with van der Waals surface area (Å²) in [5.41, 5.74) is 0. The van der Waals surface area contributed by atoms with Crippen LogP contribution in [0.25, 0.3) is 0 Å². The van der Waals surface area contributed by atoms with Crippen molar-refractivity contribution in [3.05, 3.63) is 0 Å². The molecular formula is C24H40Cl2N2O6. The van der Waals surface area contributed by atoms with Gasteiger partial charge in [0.25, 0.3) is 0 Å². The lowest BCUT2D eigenvalue weighted by molar-refractivity contribution is -0.139. The number of ether oxygens (including phenoxy) is 4. The second-order valence-corrected chi connectivity index (χ2v) is 9.77. The first-order valence-corrected chi connectivity index (χ1v) is 13.8. The standard InChI is InChI=1S/C24H40Cl2N2O6/c25-17-23(29)27-9-13-31-19-5-1-2-6-20(19)32-14-10-28(24(30)18-26)12-16-34-22-8-4-3-7-21(22)33-15-11-27/h19-22H,1-18H2/t19-,20-,21?,22?/m0/s1. The first-order valence-electron chi connectivity index (χ1n) is 12.8. The van der Waals surface area contributed by atoms with Gasteiger partial charge in [0.05, 0.1) is 50.8 Å². The van der Waals surface area contributed by atoms with Crippen molar-refractivity contribution in [3.63, 3.8) is 0 Å². The van der Waals surface area contributed by atoms with Gasteiger partial charge in [0, 0.05) is 26.2 Å². The fraction of sp³-hybridized carbons (Fsp3) is 0.917. The summed E-state index contributed by atoms with van der Waals surface area (Å²) in [5, 5.41) is 0. The van der Waals surface area contributed by atoms with Crippen LogP contribution in [-0.2, 0) is 28.5 Å². The van der Waals surface area contributed by atoms with Crippen LogP contribution in [-0.4, -0.2) is 110 Å². The van der Waals surface area contributed by atoms with Crippen LogP contribution in [0.5, 0.6) is 0 Å². The van der Waals surface area contributed by atoms with Gasteiger partial charge in [0.1, 0.15) is 11.8 Å². The summed E-state index contributed by atoms with van der Waals surface area (Å²) in [5.74, 6) is -0.329. The molecule has 0 aromatic rings. The molecule has 0 aromatic heterocycles. The van der Waals surface area contributed by atoms with Crippen molar-refractivity contribution in [2.75, 3.05) is 64.4 Å². The largest absolute Gasteiger partial charge is 0.374 e. The van der Waals surface area contributed by atoms with Crippen LogP contribution in [0.2, 0.25) is 0 Å². The van der Waals surface area contributed by atoms with Crippen LogP contribution in [0.3, 0.4) is 0 Å². The van der Waals surface area contributed by atoms with Gasteiger partial charge in [0.2, 0.25) is 11.8 Å². The number of hydrogen-bond donors (Lipinski definition) is 0. The Morgan fingerprint density at radius 2 is 0.824 bits per heavy atom. The topological polar surface area (TPSA) is 77.5 Å². The summed E-state index contributed by atoms with van der Waals surface area (Å²) in [6, 6.07) is 0. The molecule has 10 heteroatoms. The maximum absolute atomic E-state index is 12.4. The zero-order valence-electron chi connectivity index (χ0n) is 20.1. The number of hydrogen-bond acceptors (Lipinski definition) is 6. The molecule has 1 saturated heterocycles. The fourth-order valence-corrected chi connectivity index (χ4v) is 5.37. The van der Waals surface area contributed by atoms with Crippen LogP contribution in [0.1, 0.15) is 51.4 Å². The molecular weight excluding hydrogens is 483 g/mol. The van der Waals surface area contributed by atoms with Gasteiger partial charge in [0.15, 0.2) is 0 Å². The molecule has 0 spiro atoms. The summed E-state index contributed by atoms with van der Waals surface area (Å²) in [6.07, 6.45) is 8.05. The van der Waals surface area contributed by atoms with E-state index < -0.39 is 0 Å². The van der Waals surface area contributed by atoms with Crippen molar-refractivity contribution >= 4 is 35.0 Å². The van der Waals surface area contributed by atoms with Gasteiger partial charge < -0.3 is 28.7 Å². The normalized spacial score (nSPS) is 31.0. The minimum atomic E-state index is -0.111. The van der Waals surface area contributed by atoms with Crippen molar-refractivity contribution in [1.82, 2.24) is 9.80 Å². The molecule has 3 fully saturated rings. The number of fused-ring (bicyclic) bond motifs is 2. The third kappa shape index (κ3) is 8.79. The SMILES string of the molecule is O=C(CCl)N1CCOC2CCCCC2OCCN(C(=O)CCl)CCO[C@H]2CCCC[C@@H]2OCC1. The third-order valence-corrected chi connectivity index (χ3v) is 7.45. The highest BCUT2D eigenvalue weighted by Crippen LogP contribution is 2.25. The quantitative estimate of drug-likeness (QED) is 0.519. The van der Waals surface area contributed by atoms with E-state index in [9.17, 15) is 9.59 Å². The second kappa shape index (κ2) is 15.5. The fourth-order valence-electron chi connectivity index (χ4n) is 5.04. The summed E-state index contributed by atoms with van der Waals surface area (Å²) < 4.78 is 24.7. The minimum absolute atomic E-state index is 0.0136. The average Bonchev–Trinajstić information content (AvgIpc) is 2.87. The van der Waals surface area contributed by atoms with Gasteiger partial charge in [-0.1, -0.05) is 25.7 Å². The molecule has 2 saturated carbocycles. The van der Waals surface area contributed by atoms with Gasteiger partial charge in [-0.25, -0.2) is 0 Å². The van der Waals surface area contributed by atoms with E-state index in [1.54, 1.807) is 9.80 Å². The molecule has 3 aliphatic rings. The van der Waals surface area contributed by atoms with Crippen LogP contribution in [0, 0.1) is 0 Å². The Bertz CT molecular complexity index is 540. The molecule has 4 atom stereocenters. The van der Waals surface area contributed by atoms with Crippen molar-refractivity contribution in [3.8, 4) is 0 Å². The van der Waals surface area contributed by atoms with Gasteiger partial charge in [-0.2, -0.15) is 0 Å². The molecule has 2 amide bonds. The molecule has 196 valence electrons. The average molecular weight is 523 g/mol. The van der Waals surface area contributed by atoms with Gasteiger partial charge >= 0.3 is 0 Å².